The van der Waals surface area contributed by atoms with Gasteiger partial charge in [0, 0.05) is 6.54 Å². The van der Waals surface area contributed by atoms with E-state index in [2.05, 4.69) is 27.3 Å². The van der Waals surface area contributed by atoms with Crippen molar-refractivity contribution in [2.75, 3.05) is 7.05 Å². The lowest BCUT2D eigenvalue weighted by atomic mass is 10.1. The maximum atomic E-state index is 9.00. The molecule has 0 aromatic heterocycles. The van der Waals surface area contributed by atoms with E-state index < -0.39 is 0 Å². The Hall–Kier alpha value is -1.36. The zero-order valence-corrected chi connectivity index (χ0v) is 13.0. The number of ether oxygens (including phenoxy) is 1. The van der Waals surface area contributed by atoms with Crippen molar-refractivity contribution in [2.45, 2.75) is 19.8 Å². The molecule has 0 unspecified atom stereocenters. The average molecular weight is 336 g/mol. The van der Waals surface area contributed by atoms with Gasteiger partial charge in [0.2, 0.25) is 0 Å². The monoisotopic (exact) mass is 335 g/mol. The molecule has 106 valence electrons. The minimum atomic E-state index is 0.0691. The van der Waals surface area contributed by atoms with E-state index in [0.717, 1.165) is 27.9 Å². The van der Waals surface area contributed by atoms with Crippen LogP contribution in [0.2, 0.25) is 0 Å². The SMILES string of the molecule is CNCc1ccc(OCc2ccc(CO)cc2)c(Br)c1. The molecule has 0 saturated carbocycles. The molecule has 2 aromatic carbocycles. The van der Waals surface area contributed by atoms with Crippen LogP contribution in [0, 0.1) is 0 Å². The summed E-state index contributed by atoms with van der Waals surface area (Å²) in [4.78, 5) is 0. The van der Waals surface area contributed by atoms with Gasteiger partial charge in [-0.1, -0.05) is 30.3 Å². The first-order valence-corrected chi connectivity index (χ1v) is 7.26. The van der Waals surface area contributed by atoms with E-state index in [1.807, 2.05) is 43.4 Å². The summed E-state index contributed by atoms with van der Waals surface area (Å²) >= 11 is 3.53. The quantitative estimate of drug-likeness (QED) is 0.851. The van der Waals surface area contributed by atoms with Crippen LogP contribution in [0.3, 0.4) is 0 Å². The highest BCUT2D eigenvalue weighted by atomic mass is 79.9. The summed E-state index contributed by atoms with van der Waals surface area (Å²) in [5.41, 5.74) is 3.19. The number of halogens is 1. The zero-order chi connectivity index (χ0) is 14.4. The van der Waals surface area contributed by atoms with Crippen LogP contribution in [0.25, 0.3) is 0 Å². The van der Waals surface area contributed by atoms with E-state index in [9.17, 15) is 0 Å². The molecule has 2 rings (SSSR count). The molecule has 2 N–H and O–H groups in total. The first-order valence-electron chi connectivity index (χ1n) is 6.47. The summed E-state index contributed by atoms with van der Waals surface area (Å²) < 4.78 is 6.76. The molecule has 3 nitrogen and oxygen atoms in total. The van der Waals surface area contributed by atoms with Gasteiger partial charge in [-0.3, -0.25) is 0 Å². The third kappa shape index (κ3) is 4.07. The lowest BCUT2D eigenvalue weighted by Crippen LogP contribution is -2.05. The highest BCUT2D eigenvalue weighted by Crippen LogP contribution is 2.26. The highest BCUT2D eigenvalue weighted by molar-refractivity contribution is 9.10. The molecule has 0 atom stereocenters. The third-order valence-electron chi connectivity index (χ3n) is 2.98. The predicted molar refractivity (Wildman–Crippen MR) is 83.6 cm³/mol. The first kappa shape index (κ1) is 15.0. The Kier molecular flexibility index (Phi) is 5.59. The average Bonchev–Trinajstić information content (AvgIpc) is 2.47. The standard InChI is InChI=1S/C16H18BrNO2/c1-18-9-14-6-7-16(15(17)8-14)20-11-13-4-2-12(10-19)3-5-13/h2-8,18-19H,9-11H2,1H3. The second-order valence-electron chi connectivity index (χ2n) is 4.56. The van der Waals surface area contributed by atoms with Gasteiger partial charge in [0.15, 0.2) is 0 Å². The maximum absolute atomic E-state index is 9.00. The molecule has 0 spiro atoms. The van der Waals surface area contributed by atoms with Crippen LogP contribution in [0.5, 0.6) is 5.75 Å². The summed E-state index contributed by atoms with van der Waals surface area (Å²) in [6.45, 7) is 1.41. The van der Waals surface area contributed by atoms with E-state index in [1.54, 1.807) is 0 Å². The Morgan fingerprint density at radius 2 is 1.70 bits per heavy atom. The van der Waals surface area contributed by atoms with Crippen molar-refractivity contribution in [3.8, 4) is 5.75 Å². The van der Waals surface area contributed by atoms with Crippen LogP contribution in [0.4, 0.5) is 0 Å². The minimum absolute atomic E-state index is 0.0691. The molecule has 0 fully saturated rings. The summed E-state index contributed by atoms with van der Waals surface area (Å²) in [5.74, 6) is 0.830. The molecular weight excluding hydrogens is 318 g/mol. The van der Waals surface area contributed by atoms with Crippen molar-refractivity contribution in [1.82, 2.24) is 5.32 Å². The number of nitrogens with one attached hydrogen (secondary N) is 1. The van der Waals surface area contributed by atoms with E-state index in [1.165, 1.54) is 5.56 Å². The van der Waals surface area contributed by atoms with Gasteiger partial charge in [-0.15, -0.1) is 0 Å². The van der Waals surface area contributed by atoms with Crippen molar-refractivity contribution in [3.63, 3.8) is 0 Å². The van der Waals surface area contributed by atoms with Crippen molar-refractivity contribution < 1.29 is 9.84 Å². The summed E-state index contributed by atoms with van der Waals surface area (Å²) in [5, 5.41) is 12.1. The number of aliphatic hydroxyl groups excluding tert-OH is 1. The Morgan fingerprint density at radius 3 is 2.30 bits per heavy atom. The van der Waals surface area contributed by atoms with Gasteiger partial charge < -0.3 is 15.2 Å². The summed E-state index contributed by atoms with van der Waals surface area (Å²) in [6.07, 6.45) is 0. The summed E-state index contributed by atoms with van der Waals surface area (Å²) in [7, 11) is 1.92. The Morgan fingerprint density at radius 1 is 1.05 bits per heavy atom. The molecule has 20 heavy (non-hydrogen) atoms. The molecular formula is C16H18BrNO2. The molecule has 0 heterocycles. The molecule has 0 aliphatic carbocycles. The lowest BCUT2D eigenvalue weighted by molar-refractivity contribution is 0.281. The van der Waals surface area contributed by atoms with E-state index in [-0.39, 0.29) is 6.61 Å². The van der Waals surface area contributed by atoms with Gasteiger partial charge in [-0.2, -0.15) is 0 Å². The van der Waals surface area contributed by atoms with Crippen LogP contribution in [0.1, 0.15) is 16.7 Å². The van der Waals surface area contributed by atoms with E-state index in [4.69, 9.17) is 9.84 Å². The molecule has 0 aliphatic rings. The van der Waals surface area contributed by atoms with Gasteiger partial charge in [-0.05, 0) is 51.8 Å². The lowest BCUT2D eigenvalue weighted by Gasteiger charge is -2.10. The molecule has 0 aliphatic heterocycles. The molecule has 0 bridgehead atoms. The Bertz CT molecular complexity index is 555. The van der Waals surface area contributed by atoms with Crippen LogP contribution < -0.4 is 10.1 Å². The van der Waals surface area contributed by atoms with Crippen LogP contribution in [0.15, 0.2) is 46.9 Å². The fourth-order valence-electron chi connectivity index (χ4n) is 1.88. The Balaban J connectivity index is 1.99. The van der Waals surface area contributed by atoms with Gasteiger partial charge in [0.05, 0.1) is 11.1 Å². The van der Waals surface area contributed by atoms with Crippen molar-refractivity contribution in [3.05, 3.63) is 63.6 Å². The molecule has 0 amide bonds. The normalized spacial score (nSPS) is 10.6. The maximum Gasteiger partial charge on any atom is 0.134 e. The van der Waals surface area contributed by atoms with Crippen molar-refractivity contribution in [1.29, 1.82) is 0 Å². The molecule has 2 aromatic rings. The van der Waals surface area contributed by atoms with E-state index in [0.29, 0.717) is 6.61 Å². The number of hydrogen-bond acceptors (Lipinski definition) is 3. The smallest absolute Gasteiger partial charge is 0.134 e. The van der Waals surface area contributed by atoms with Crippen molar-refractivity contribution in [2.24, 2.45) is 0 Å². The topological polar surface area (TPSA) is 41.5 Å². The number of benzene rings is 2. The highest BCUT2D eigenvalue weighted by Gasteiger charge is 2.03. The number of aliphatic hydroxyl groups is 1. The fourth-order valence-corrected chi connectivity index (χ4v) is 2.42. The van der Waals surface area contributed by atoms with Crippen molar-refractivity contribution >= 4 is 15.9 Å². The second kappa shape index (κ2) is 7.43. The first-order chi connectivity index (χ1) is 9.72. The van der Waals surface area contributed by atoms with Crippen LogP contribution in [-0.4, -0.2) is 12.2 Å². The number of hydrogen-bond donors (Lipinski definition) is 2. The summed E-state index contributed by atoms with van der Waals surface area (Å²) in [6, 6.07) is 13.8. The van der Waals surface area contributed by atoms with Gasteiger partial charge >= 0.3 is 0 Å². The predicted octanol–water partition coefficient (Wildman–Crippen LogP) is 3.24. The number of rotatable bonds is 6. The van der Waals surface area contributed by atoms with E-state index >= 15 is 0 Å². The second-order valence-corrected chi connectivity index (χ2v) is 5.41. The van der Waals surface area contributed by atoms with Crippen LogP contribution >= 0.6 is 15.9 Å². The molecule has 0 radical (unpaired) electrons. The third-order valence-corrected chi connectivity index (χ3v) is 3.60. The minimum Gasteiger partial charge on any atom is -0.488 e. The fraction of sp³-hybridized carbons (Fsp3) is 0.250. The van der Waals surface area contributed by atoms with Gasteiger partial charge in [0.1, 0.15) is 12.4 Å². The van der Waals surface area contributed by atoms with Crippen LogP contribution in [-0.2, 0) is 19.8 Å². The molecule has 0 saturated heterocycles. The van der Waals surface area contributed by atoms with Gasteiger partial charge in [-0.25, -0.2) is 0 Å². The Labute approximate surface area is 127 Å². The zero-order valence-electron chi connectivity index (χ0n) is 11.4. The van der Waals surface area contributed by atoms with Gasteiger partial charge in [0.25, 0.3) is 0 Å². The molecule has 4 heteroatoms. The largest absolute Gasteiger partial charge is 0.488 e.